The van der Waals surface area contributed by atoms with Crippen molar-refractivity contribution >= 4 is 11.3 Å². The highest BCUT2D eigenvalue weighted by Crippen LogP contribution is 2.18. The molecule has 86 valence electrons. The second-order valence-electron chi connectivity index (χ2n) is 3.93. The van der Waals surface area contributed by atoms with E-state index in [1.807, 2.05) is 0 Å². The van der Waals surface area contributed by atoms with E-state index in [1.54, 1.807) is 11.3 Å². The monoisotopic (exact) mass is 227 g/mol. The molecule has 2 atom stereocenters. The van der Waals surface area contributed by atoms with Gasteiger partial charge in [-0.05, 0) is 37.3 Å². The largest absolute Gasteiger partial charge is 0.396 e. The lowest BCUT2D eigenvalue weighted by Gasteiger charge is -2.18. The Labute approximate surface area is 96.3 Å². The lowest BCUT2D eigenvalue weighted by atomic mass is 10.0. The maximum Gasteiger partial charge on any atom is 0.0434 e. The van der Waals surface area contributed by atoms with Gasteiger partial charge < -0.3 is 10.4 Å². The van der Waals surface area contributed by atoms with Crippen molar-refractivity contribution in [2.75, 3.05) is 13.2 Å². The zero-order valence-electron chi connectivity index (χ0n) is 9.57. The van der Waals surface area contributed by atoms with E-state index in [9.17, 15) is 0 Å². The third-order valence-electron chi connectivity index (χ3n) is 2.80. The summed E-state index contributed by atoms with van der Waals surface area (Å²) in [5, 5.41) is 14.5. The molecule has 0 amide bonds. The summed E-state index contributed by atoms with van der Waals surface area (Å²) in [7, 11) is 0. The summed E-state index contributed by atoms with van der Waals surface area (Å²) >= 11 is 1.79. The molecule has 15 heavy (non-hydrogen) atoms. The molecule has 2 nitrogen and oxygen atoms in total. The van der Waals surface area contributed by atoms with Gasteiger partial charge in [0.1, 0.15) is 0 Å². The second kappa shape index (κ2) is 6.99. The molecule has 1 aromatic heterocycles. The standard InChI is InChI=1S/C12H21NOS/c1-3-11(6-7-14)9-13-10(2)12-5-4-8-15-12/h4-5,8,10-11,13-14H,3,6-7,9H2,1-2H3. The highest BCUT2D eigenvalue weighted by molar-refractivity contribution is 7.10. The van der Waals surface area contributed by atoms with Crippen LogP contribution in [0.4, 0.5) is 0 Å². The second-order valence-corrected chi connectivity index (χ2v) is 4.91. The molecule has 1 aromatic rings. The minimum atomic E-state index is 0.299. The number of aliphatic hydroxyl groups is 1. The number of hydrogen-bond acceptors (Lipinski definition) is 3. The molecule has 1 rings (SSSR count). The average molecular weight is 227 g/mol. The first-order valence-electron chi connectivity index (χ1n) is 5.65. The molecular weight excluding hydrogens is 206 g/mol. The molecule has 0 aliphatic heterocycles. The number of rotatable bonds is 7. The Morgan fingerprint density at radius 2 is 2.33 bits per heavy atom. The fraction of sp³-hybridized carbons (Fsp3) is 0.667. The highest BCUT2D eigenvalue weighted by atomic mass is 32.1. The van der Waals surface area contributed by atoms with Crippen molar-refractivity contribution < 1.29 is 5.11 Å². The highest BCUT2D eigenvalue weighted by Gasteiger charge is 2.09. The zero-order chi connectivity index (χ0) is 11.1. The van der Waals surface area contributed by atoms with Crippen LogP contribution in [0.5, 0.6) is 0 Å². The Balaban J connectivity index is 2.29. The maximum absolute atomic E-state index is 8.89. The quantitative estimate of drug-likeness (QED) is 0.750. The zero-order valence-corrected chi connectivity index (χ0v) is 10.4. The van der Waals surface area contributed by atoms with Gasteiger partial charge in [0.15, 0.2) is 0 Å². The van der Waals surface area contributed by atoms with E-state index in [4.69, 9.17) is 5.11 Å². The van der Waals surface area contributed by atoms with E-state index in [0.29, 0.717) is 18.6 Å². The molecule has 0 saturated carbocycles. The fourth-order valence-corrected chi connectivity index (χ4v) is 2.37. The van der Waals surface area contributed by atoms with E-state index in [-0.39, 0.29) is 0 Å². The van der Waals surface area contributed by atoms with E-state index >= 15 is 0 Å². The predicted octanol–water partition coefficient (Wildman–Crippen LogP) is 2.81. The summed E-state index contributed by atoms with van der Waals surface area (Å²) in [6.45, 7) is 5.67. The van der Waals surface area contributed by atoms with Crippen LogP contribution in [0.2, 0.25) is 0 Å². The molecule has 3 heteroatoms. The fourth-order valence-electron chi connectivity index (χ4n) is 1.61. The maximum atomic E-state index is 8.89. The van der Waals surface area contributed by atoms with Gasteiger partial charge in [0, 0.05) is 17.5 Å². The van der Waals surface area contributed by atoms with Crippen molar-refractivity contribution in [2.45, 2.75) is 32.7 Å². The van der Waals surface area contributed by atoms with Crippen molar-refractivity contribution in [2.24, 2.45) is 5.92 Å². The molecule has 0 radical (unpaired) electrons. The van der Waals surface area contributed by atoms with E-state index in [1.165, 1.54) is 4.88 Å². The van der Waals surface area contributed by atoms with Crippen molar-refractivity contribution in [3.05, 3.63) is 22.4 Å². The van der Waals surface area contributed by atoms with Gasteiger partial charge in [-0.1, -0.05) is 19.4 Å². The summed E-state index contributed by atoms with van der Waals surface area (Å²) in [5.74, 6) is 0.595. The van der Waals surface area contributed by atoms with Gasteiger partial charge in [-0.3, -0.25) is 0 Å². The van der Waals surface area contributed by atoms with Crippen LogP contribution in [-0.4, -0.2) is 18.3 Å². The van der Waals surface area contributed by atoms with Gasteiger partial charge in [0.2, 0.25) is 0 Å². The molecular formula is C12H21NOS. The lowest BCUT2D eigenvalue weighted by Crippen LogP contribution is -2.25. The Bertz CT molecular complexity index is 248. The Morgan fingerprint density at radius 3 is 2.87 bits per heavy atom. The Kier molecular flexibility index (Phi) is 5.91. The summed E-state index contributed by atoms with van der Waals surface area (Å²) in [6.07, 6.45) is 2.03. The van der Waals surface area contributed by atoms with Crippen molar-refractivity contribution in [3.8, 4) is 0 Å². The minimum absolute atomic E-state index is 0.299. The van der Waals surface area contributed by atoms with Crippen LogP contribution in [0.25, 0.3) is 0 Å². The first kappa shape index (κ1) is 12.7. The first-order chi connectivity index (χ1) is 7.27. The van der Waals surface area contributed by atoms with E-state index < -0.39 is 0 Å². The molecule has 0 saturated heterocycles. The molecule has 2 unspecified atom stereocenters. The van der Waals surface area contributed by atoms with Gasteiger partial charge in [-0.2, -0.15) is 0 Å². The molecule has 0 bridgehead atoms. The minimum Gasteiger partial charge on any atom is -0.396 e. The molecule has 0 aliphatic rings. The van der Waals surface area contributed by atoms with Crippen LogP contribution in [0.3, 0.4) is 0 Å². The predicted molar refractivity (Wildman–Crippen MR) is 66.2 cm³/mol. The molecule has 2 N–H and O–H groups in total. The summed E-state index contributed by atoms with van der Waals surface area (Å²) < 4.78 is 0. The van der Waals surface area contributed by atoms with Crippen molar-refractivity contribution in [1.82, 2.24) is 5.32 Å². The normalized spacial score (nSPS) is 15.1. The first-order valence-corrected chi connectivity index (χ1v) is 6.53. The summed E-state index contributed by atoms with van der Waals surface area (Å²) in [5.41, 5.74) is 0. The van der Waals surface area contributed by atoms with Crippen LogP contribution >= 0.6 is 11.3 Å². The number of thiophene rings is 1. The van der Waals surface area contributed by atoms with Gasteiger partial charge in [0.05, 0.1) is 0 Å². The molecule has 0 aliphatic carbocycles. The van der Waals surface area contributed by atoms with Crippen LogP contribution in [0.1, 0.15) is 37.6 Å². The van der Waals surface area contributed by atoms with Crippen molar-refractivity contribution in [1.29, 1.82) is 0 Å². The van der Waals surface area contributed by atoms with Gasteiger partial charge in [-0.15, -0.1) is 11.3 Å². The van der Waals surface area contributed by atoms with Crippen LogP contribution in [0.15, 0.2) is 17.5 Å². The third-order valence-corrected chi connectivity index (χ3v) is 3.85. The molecule has 1 heterocycles. The van der Waals surface area contributed by atoms with Crippen molar-refractivity contribution in [3.63, 3.8) is 0 Å². The van der Waals surface area contributed by atoms with Gasteiger partial charge in [-0.25, -0.2) is 0 Å². The average Bonchev–Trinajstić information content (AvgIpc) is 2.77. The lowest BCUT2D eigenvalue weighted by molar-refractivity contribution is 0.249. The van der Waals surface area contributed by atoms with E-state index in [2.05, 4.69) is 36.7 Å². The summed E-state index contributed by atoms with van der Waals surface area (Å²) in [6, 6.07) is 4.68. The smallest absolute Gasteiger partial charge is 0.0434 e. The van der Waals surface area contributed by atoms with Crippen LogP contribution < -0.4 is 5.32 Å². The molecule has 0 aromatic carbocycles. The Hall–Kier alpha value is -0.380. The number of hydrogen-bond donors (Lipinski definition) is 2. The number of aliphatic hydroxyl groups excluding tert-OH is 1. The molecule has 0 fully saturated rings. The van der Waals surface area contributed by atoms with Gasteiger partial charge >= 0.3 is 0 Å². The SMILES string of the molecule is CCC(CCO)CNC(C)c1cccs1. The number of nitrogens with one attached hydrogen (secondary N) is 1. The van der Waals surface area contributed by atoms with Gasteiger partial charge in [0.25, 0.3) is 0 Å². The Morgan fingerprint density at radius 1 is 1.53 bits per heavy atom. The van der Waals surface area contributed by atoms with Crippen LogP contribution in [-0.2, 0) is 0 Å². The molecule has 0 spiro atoms. The summed E-state index contributed by atoms with van der Waals surface area (Å²) in [4.78, 5) is 1.38. The van der Waals surface area contributed by atoms with E-state index in [0.717, 1.165) is 19.4 Å². The topological polar surface area (TPSA) is 32.3 Å². The third kappa shape index (κ3) is 4.33. The van der Waals surface area contributed by atoms with Crippen LogP contribution in [0, 0.1) is 5.92 Å².